The number of primary amides is 1. The van der Waals surface area contributed by atoms with Crippen molar-refractivity contribution in [3.05, 3.63) is 90.2 Å². The van der Waals surface area contributed by atoms with Gasteiger partial charge >= 0.3 is 30.1 Å². The van der Waals surface area contributed by atoms with Crippen LogP contribution in [-0.4, -0.2) is 241 Å². The summed E-state index contributed by atoms with van der Waals surface area (Å²) in [5.74, 6) is -16.4. The van der Waals surface area contributed by atoms with E-state index in [1.165, 1.54) is 93.8 Å². The zero-order valence-electron chi connectivity index (χ0n) is 63.5. The Balaban J connectivity index is 1.66. The summed E-state index contributed by atoms with van der Waals surface area (Å²) in [6.45, 7) is 19.5. The molecule has 2 aromatic carbocycles. The van der Waals surface area contributed by atoms with Crippen LogP contribution in [0.15, 0.2) is 79.0 Å². The van der Waals surface area contributed by atoms with Gasteiger partial charge in [0.05, 0.1) is 6.10 Å². The molecule has 2 aromatic rings. The monoisotopic (exact) mass is 1520 g/mol. The van der Waals surface area contributed by atoms with Gasteiger partial charge in [0, 0.05) is 85.9 Å². The molecule has 14 amide bonds. The highest BCUT2D eigenvalue weighted by Gasteiger charge is 2.47. The summed E-state index contributed by atoms with van der Waals surface area (Å²) in [6, 6.07) is 0.227. The molecule has 2 aliphatic rings. The highest BCUT2D eigenvalue weighted by molar-refractivity contribution is 6.13. The number of nitrogens with two attached hydrogens (primary N) is 1. The van der Waals surface area contributed by atoms with Gasteiger partial charge in [0.2, 0.25) is 47.3 Å². The molecular weight excluding hydrogens is 1410 g/mol. The maximum absolute atomic E-state index is 15.5. The van der Waals surface area contributed by atoms with E-state index < -0.39 is 210 Å². The first-order valence-electron chi connectivity index (χ1n) is 34.8. The number of methoxy groups -OCH3 is 1. The Labute approximate surface area is 625 Å². The molecule has 2 aliphatic heterocycles. The van der Waals surface area contributed by atoms with Crippen LogP contribution in [0.2, 0.25) is 0 Å². The minimum Gasteiger partial charge on any atom is -0.458 e. The number of cyclic esters (lactones) is 2. The second-order valence-corrected chi connectivity index (χ2v) is 27.0. The number of benzene rings is 2. The smallest absolute Gasteiger partial charge is 0.458 e. The first kappa shape index (κ1) is 89.1. The van der Waals surface area contributed by atoms with E-state index in [1.807, 2.05) is 0 Å². The van der Waals surface area contributed by atoms with Crippen LogP contribution in [-0.2, 0) is 113 Å². The van der Waals surface area contributed by atoms with Crippen LogP contribution in [0.4, 0.5) is 15.3 Å². The minimum atomic E-state index is -2.03. The molecule has 4 rings (SSSR count). The van der Waals surface area contributed by atoms with Crippen molar-refractivity contribution < 1.29 is 110 Å². The quantitative estimate of drug-likeness (QED) is 0.0178. The number of carbonyl (C=O) groups excluding carboxylic acids is 17. The topological polar surface area (TPSA) is 481 Å². The zero-order valence-corrected chi connectivity index (χ0v) is 63.5. The van der Waals surface area contributed by atoms with Gasteiger partial charge in [-0.2, -0.15) is 0 Å². The van der Waals surface area contributed by atoms with Gasteiger partial charge in [-0.15, -0.1) is 0 Å². The maximum atomic E-state index is 15.5. The van der Waals surface area contributed by atoms with E-state index in [0.717, 1.165) is 59.7 Å². The SMILES string of the molecule is C=C1C(=O)N[C@@H](C)C(=O)N(C)[C@@H](C)C(=O)N[C@@H]([C@H](OC(=O)[C@@H](NC(C)=O)[C@H](OC(=O)OCc2ccc(NC(=O)[C@H](CCCNC(N)=O)NC(=O)[C@@H](NC(=O)CCN3C(=O)C=CC3=O)C(C)C)cc2)C(C)C)C(C)C)C(=O)N(C)[C@@H]([C@@H](C)OC)C(=O)O[C@H](C)[C@H](NC(C)=O)C(=O)O[C@H](Cc2ccccc2)C(=O)N1C. The molecule has 0 unspecified atom stereocenters. The summed E-state index contributed by atoms with van der Waals surface area (Å²) in [5, 5.41) is 20.1. The number of anilines is 1. The Kier molecular flexibility index (Phi) is 34.3. The number of esters is 3. The number of urea groups is 1. The van der Waals surface area contributed by atoms with Crippen LogP contribution in [0, 0.1) is 17.8 Å². The molecular formula is C72H101N13O23. The van der Waals surface area contributed by atoms with Crippen LogP contribution in [0.1, 0.15) is 113 Å². The first-order valence-corrected chi connectivity index (χ1v) is 34.8. The van der Waals surface area contributed by atoms with Crippen LogP contribution in [0.25, 0.3) is 0 Å². The zero-order chi connectivity index (χ0) is 81.3. The average Bonchev–Trinajstić information content (AvgIpc) is 1.32. The molecule has 0 aromatic heterocycles. The summed E-state index contributed by atoms with van der Waals surface area (Å²) >= 11 is 0. The van der Waals surface area contributed by atoms with E-state index in [9.17, 15) is 76.7 Å². The molecule has 0 spiro atoms. The van der Waals surface area contributed by atoms with E-state index in [-0.39, 0.29) is 44.5 Å². The molecule has 0 saturated carbocycles. The molecule has 1 saturated heterocycles. The van der Waals surface area contributed by atoms with Crippen molar-refractivity contribution in [2.45, 2.75) is 194 Å². The summed E-state index contributed by atoms with van der Waals surface area (Å²) in [5.41, 5.74) is 5.69. The lowest BCUT2D eigenvalue weighted by Gasteiger charge is -2.38. The van der Waals surface area contributed by atoms with Crippen LogP contribution in [0.3, 0.4) is 0 Å². The molecule has 13 atom stereocenters. The van der Waals surface area contributed by atoms with E-state index in [0.29, 0.717) is 11.1 Å². The Morgan fingerprint density at radius 1 is 0.676 bits per heavy atom. The third kappa shape index (κ3) is 26.0. The van der Waals surface area contributed by atoms with Gasteiger partial charge in [-0.3, -0.25) is 62.4 Å². The number of nitrogens with zero attached hydrogens (tertiary/aromatic N) is 4. The highest BCUT2D eigenvalue weighted by Crippen LogP contribution is 2.24. The first-order chi connectivity index (χ1) is 50.6. The number of imide groups is 1. The molecule has 0 aliphatic carbocycles. The number of amides is 14. The lowest BCUT2D eigenvalue weighted by Crippen LogP contribution is -2.64. The van der Waals surface area contributed by atoms with Crippen molar-refractivity contribution >= 4 is 107 Å². The van der Waals surface area contributed by atoms with Crippen LogP contribution < -0.4 is 48.3 Å². The molecule has 36 heteroatoms. The Morgan fingerprint density at radius 2 is 1.30 bits per heavy atom. The van der Waals surface area contributed by atoms with Gasteiger partial charge in [0.15, 0.2) is 24.2 Å². The van der Waals surface area contributed by atoms with Gasteiger partial charge in [0.25, 0.3) is 23.6 Å². The second-order valence-electron chi connectivity index (χ2n) is 27.0. The lowest BCUT2D eigenvalue weighted by molar-refractivity contribution is -0.174. The molecule has 1 fully saturated rings. The average molecular weight is 1520 g/mol. The molecule has 36 nitrogen and oxygen atoms in total. The third-order valence-corrected chi connectivity index (χ3v) is 17.6. The molecule has 2 heterocycles. The molecule has 592 valence electrons. The predicted molar refractivity (Wildman–Crippen MR) is 383 cm³/mol. The van der Waals surface area contributed by atoms with Crippen LogP contribution >= 0.6 is 0 Å². The van der Waals surface area contributed by atoms with Crippen molar-refractivity contribution in [1.29, 1.82) is 0 Å². The fourth-order valence-electron chi connectivity index (χ4n) is 11.1. The van der Waals surface area contributed by atoms with Gasteiger partial charge in [-0.05, 0) is 81.5 Å². The highest BCUT2D eigenvalue weighted by atomic mass is 16.7. The summed E-state index contributed by atoms with van der Waals surface area (Å²) in [4.78, 5) is 235. The predicted octanol–water partition coefficient (Wildman–Crippen LogP) is 0.0395. The number of likely N-dealkylation sites (N-methyl/N-ethyl adjacent to an activating group) is 3. The van der Waals surface area contributed by atoms with Crippen molar-refractivity contribution in [2.75, 3.05) is 46.7 Å². The molecule has 108 heavy (non-hydrogen) atoms. The van der Waals surface area contributed by atoms with Gasteiger partial charge in [-0.1, -0.05) is 90.6 Å². The largest absolute Gasteiger partial charge is 0.508 e. The van der Waals surface area contributed by atoms with Crippen molar-refractivity contribution in [3.63, 3.8) is 0 Å². The van der Waals surface area contributed by atoms with Gasteiger partial charge in [0.1, 0.15) is 60.8 Å². The van der Waals surface area contributed by atoms with Gasteiger partial charge < -0.3 is 91.4 Å². The van der Waals surface area contributed by atoms with E-state index in [2.05, 4.69) is 49.1 Å². The van der Waals surface area contributed by atoms with Crippen molar-refractivity contribution in [2.24, 2.45) is 23.5 Å². The second kappa shape index (κ2) is 41.5. The lowest BCUT2D eigenvalue weighted by atomic mass is 9.95. The Hall–Kier alpha value is -11.3. The number of rotatable bonds is 28. The molecule has 10 N–H and O–H groups in total. The maximum Gasteiger partial charge on any atom is 0.508 e. The van der Waals surface area contributed by atoms with Crippen molar-refractivity contribution in [3.8, 4) is 0 Å². The molecule has 0 radical (unpaired) electrons. The summed E-state index contributed by atoms with van der Waals surface area (Å²) in [7, 11) is 4.66. The number of ether oxygens (including phenoxy) is 6. The number of carbonyl (C=O) groups is 17. The van der Waals surface area contributed by atoms with E-state index >= 15 is 4.79 Å². The number of hydrogen-bond acceptors (Lipinski definition) is 23. The standard InChI is InChI=1S/C72H101N13O23/c1-36(2)54(80-51(88)31-33-85-52(89)29-30-53(85)90)64(94)79-49(24-21-32-74-71(73)101)63(93)78-48-27-25-47(26-28-48)35-104-72(102)108-60(38(5)6)57(77-45(13)87)69(99)107-59(37(3)4)56-67(97)84(16)58(43(11)103-17)70(100)105-42(10)55(76-44(12)86)68(98)106-50(34-46-22-19-18-20-23-46)66(96)83(15)40(8)61(91)75-39(7)65(95)82(14)41(9)62(92)81-56/h18-20,22-23,25-30,36-39,41-43,49-50,54-60H,8,21,24,31-35H2,1-7,9-17H3,(H,75,91)(H,76,86)(H,77,87)(H,78,93)(H,79,94)(H,80,88)(H,81,92)(H3,73,74,101)/t39-,41-,42+,43+,49-,50+,54-,55-,56-,57-,58-,59+,60+/m0/s1. The summed E-state index contributed by atoms with van der Waals surface area (Å²) < 4.78 is 34.5. The van der Waals surface area contributed by atoms with E-state index in [1.54, 1.807) is 44.2 Å². The minimum absolute atomic E-state index is 0.0287. The third-order valence-electron chi connectivity index (χ3n) is 17.6. The normalized spacial score (nSPS) is 21.2. The fourth-order valence-corrected chi connectivity index (χ4v) is 11.1. The van der Waals surface area contributed by atoms with Crippen LogP contribution in [0.5, 0.6) is 0 Å². The Bertz CT molecular complexity index is 3660. The van der Waals surface area contributed by atoms with Crippen molar-refractivity contribution in [1.82, 2.24) is 56.8 Å². The van der Waals surface area contributed by atoms with Gasteiger partial charge in [-0.25, -0.2) is 24.0 Å². The number of hydrogen-bond donors (Lipinski definition) is 9. The molecule has 0 bridgehead atoms. The van der Waals surface area contributed by atoms with E-state index in [4.69, 9.17) is 34.2 Å². The summed E-state index contributed by atoms with van der Waals surface area (Å²) in [6.07, 6.45) is -7.78. The Morgan fingerprint density at radius 3 is 1.85 bits per heavy atom. The fraction of sp³-hybridized carbons (Fsp3) is 0.542. The number of nitrogens with one attached hydrogen (secondary N) is 8.